The molecule has 2 aromatic rings. The predicted octanol–water partition coefficient (Wildman–Crippen LogP) is 3.60. The van der Waals surface area contributed by atoms with Crippen molar-refractivity contribution in [1.29, 1.82) is 0 Å². The lowest BCUT2D eigenvalue weighted by Gasteiger charge is -2.32. The zero-order valence-corrected chi connectivity index (χ0v) is 12.6. The highest BCUT2D eigenvalue weighted by atomic mass is 16.8. The molecule has 0 radical (unpaired) electrons. The van der Waals surface area contributed by atoms with Gasteiger partial charge < -0.3 is 14.8 Å². The summed E-state index contributed by atoms with van der Waals surface area (Å²) in [4.78, 5) is 0. The molecule has 0 amide bonds. The van der Waals surface area contributed by atoms with Gasteiger partial charge in [0.1, 0.15) is 12.2 Å². The minimum Gasteiger partial charge on any atom is -0.339 e. The SMILES string of the molecule is c1ccc([C@H]2OC3(CCNCC3)O[C@@H]2c2ccccc2)cc1. The quantitative estimate of drug-likeness (QED) is 0.918. The minimum atomic E-state index is -0.438. The van der Waals surface area contributed by atoms with Gasteiger partial charge in [0, 0.05) is 25.9 Å². The van der Waals surface area contributed by atoms with Gasteiger partial charge >= 0.3 is 0 Å². The van der Waals surface area contributed by atoms with E-state index in [0.29, 0.717) is 0 Å². The minimum absolute atomic E-state index is 0.0401. The van der Waals surface area contributed by atoms with E-state index in [2.05, 4.69) is 53.8 Å². The molecular weight excluding hydrogens is 274 g/mol. The van der Waals surface area contributed by atoms with Crippen LogP contribution in [-0.2, 0) is 9.47 Å². The number of benzene rings is 2. The molecule has 3 nitrogen and oxygen atoms in total. The van der Waals surface area contributed by atoms with Crippen molar-refractivity contribution in [2.24, 2.45) is 0 Å². The molecule has 2 heterocycles. The molecule has 2 saturated heterocycles. The maximum Gasteiger partial charge on any atom is 0.172 e. The molecule has 0 aliphatic carbocycles. The Bertz CT molecular complexity index is 558. The van der Waals surface area contributed by atoms with E-state index in [0.717, 1.165) is 25.9 Å². The van der Waals surface area contributed by atoms with Gasteiger partial charge in [-0.2, -0.15) is 0 Å². The molecular formula is C19H21NO2. The Morgan fingerprint density at radius 1 is 0.727 bits per heavy atom. The van der Waals surface area contributed by atoms with Crippen molar-refractivity contribution in [3.63, 3.8) is 0 Å². The summed E-state index contributed by atoms with van der Waals surface area (Å²) in [6.45, 7) is 1.89. The first-order chi connectivity index (χ1) is 10.9. The lowest BCUT2D eigenvalue weighted by molar-refractivity contribution is -0.191. The van der Waals surface area contributed by atoms with Crippen molar-refractivity contribution in [2.75, 3.05) is 13.1 Å². The summed E-state index contributed by atoms with van der Waals surface area (Å²) < 4.78 is 13.0. The van der Waals surface area contributed by atoms with Crippen LogP contribution in [0.3, 0.4) is 0 Å². The Balaban J connectivity index is 1.70. The maximum atomic E-state index is 6.48. The highest BCUT2D eigenvalue weighted by Gasteiger charge is 2.48. The van der Waals surface area contributed by atoms with Gasteiger partial charge in [0.2, 0.25) is 0 Å². The van der Waals surface area contributed by atoms with Gasteiger partial charge in [-0.3, -0.25) is 0 Å². The number of ether oxygens (including phenoxy) is 2. The zero-order chi connectivity index (χ0) is 14.8. The van der Waals surface area contributed by atoms with E-state index < -0.39 is 5.79 Å². The van der Waals surface area contributed by atoms with Crippen LogP contribution in [0.4, 0.5) is 0 Å². The van der Waals surface area contributed by atoms with Crippen molar-refractivity contribution in [1.82, 2.24) is 5.32 Å². The highest BCUT2D eigenvalue weighted by molar-refractivity contribution is 5.26. The number of nitrogens with one attached hydrogen (secondary N) is 1. The van der Waals surface area contributed by atoms with Crippen LogP contribution in [-0.4, -0.2) is 18.9 Å². The van der Waals surface area contributed by atoms with Gasteiger partial charge in [-0.05, 0) is 11.1 Å². The van der Waals surface area contributed by atoms with Crippen LogP contribution in [0.1, 0.15) is 36.2 Å². The van der Waals surface area contributed by atoms with Crippen LogP contribution in [0.25, 0.3) is 0 Å². The molecule has 1 spiro atoms. The van der Waals surface area contributed by atoms with Crippen molar-refractivity contribution < 1.29 is 9.47 Å². The third-order valence-corrected chi connectivity index (χ3v) is 4.58. The highest BCUT2D eigenvalue weighted by Crippen LogP contribution is 2.49. The lowest BCUT2D eigenvalue weighted by atomic mass is 9.99. The average Bonchev–Trinajstić information content (AvgIpc) is 2.96. The average molecular weight is 295 g/mol. The fourth-order valence-corrected chi connectivity index (χ4v) is 3.43. The Morgan fingerprint density at radius 3 is 1.64 bits per heavy atom. The predicted molar refractivity (Wildman–Crippen MR) is 85.4 cm³/mol. The summed E-state index contributed by atoms with van der Waals surface area (Å²) in [6, 6.07) is 20.8. The normalized spacial score (nSPS) is 27.1. The van der Waals surface area contributed by atoms with E-state index in [1.807, 2.05) is 12.1 Å². The molecule has 22 heavy (non-hydrogen) atoms. The zero-order valence-electron chi connectivity index (χ0n) is 12.6. The van der Waals surface area contributed by atoms with Crippen molar-refractivity contribution in [3.05, 3.63) is 71.8 Å². The van der Waals surface area contributed by atoms with E-state index in [9.17, 15) is 0 Å². The van der Waals surface area contributed by atoms with Crippen LogP contribution in [0.2, 0.25) is 0 Å². The standard InChI is InChI=1S/C19H21NO2/c1-3-7-15(8-4-1)17-18(16-9-5-2-6-10-16)22-19(21-17)11-13-20-14-12-19/h1-10,17-18,20H,11-14H2/t17-,18-/m1/s1. The van der Waals surface area contributed by atoms with Gasteiger partial charge in [-0.15, -0.1) is 0 Å². The van der Waals surface area contributed by atoms with Gasteiger partial charge in [0.15, 0.2) is 5.79 Å². The van der Waals surface area contributed by atoms with Crippen LogP contribution in [0.15, 0.2) is 60.7 Å². The molecule has 3 heteroatoms. The monoisotopic (exact) mass is 295 g/mol. The topological polar surface area (TPSA) is 30.5 Å². The van der Waals surface area contributed by atoms with Crippen molar-refractivity contribution in [2.45, 2.75) is 30.8 Å². The van der Waals surface area contributed by atoms with Gasteiger partial charge in [-0.25, -0.2) is 0 Å². The Hall–Kier alpha value is -1.68. The molecule has 2 fully saturated rings. The summed E-state index contributed by atoms with van der Waals surface area (Å²) in [5, 5.41) is 3.39. The number of hydrogen-bond acceptors (Lipinski definition) is 3. The second kappa shape index (κ2) is 5.84. The smallest absolute Gasteiger partial charge is 0.172 e. The fraction of sp³-hybridized carbons (Fsp3) is 0.368. The molecule has 0 unspecified atom stereocenters. The third-order valence-electron chi connectivity index (χ3n) is 4.58. The maximum absolute atomic E-state index is 6.48. The lowest BCUT2D eigenvalue weighted by Crippen LogP contribution is -2.42. The number of piperidine rings is 1. The molecule has 0 aromatic heterocycles. The number of rotatable bonds is 2. The fourth-order valence-electron chi connectivity index (χ4n) is 3.43. The molecule has 1 N–H and O–H groups in total. The summed E-state index contributed by atoms with van der Waals surface area (Å²) in [6.07, 6.45) is 1.72. The van der Waals surface area contributed by atoms with Crippen LogP contribution in [0, 0.1) is 0 Å². The van der Waals surface area contributed by atoms with Gasteiger partial charge in [0.05, 0.1) is 0 Å². The van der Waals surface area contributed by atoms with E-state index >= 15 is 0 Å². The summed E-state index contributed by atoms with van der Waals surface area (Å²) >= 11 is 0. The Morgan fingerprint density at radius 2 is 1.18 bits per heavy atom. The number of hydrogen-bond donors (Lipinski definition) is 1. The summed E-state index contributed by atoms with van der Waals surface area (Å²) in [7, 11) is 0. The van der Waals surface area contributed by atoms with Crippen molar-refractivity contribution in [3.8, 4) is 0 Å². The molecule has 2 aliphatic heterocycles. The van der Waals surface area contributed by atoms with E-state index in [-0.39, 0.29) is 12.2 Å². The Kier molecular flexibility index (Phi) is 3.70. The summed E-state index contributed by atoms with van der Waals surface area (Å²) in [5.41, 5.74) is 2.37. The molecule has 2 atom stereocenters. The Labute approximate surface area is 131 Å². The first-order valence-electron chi connectivity index (χ1n) is 8.03. The first-order valence-corrected chi connectivity index (χ1v) is 8.03. The first kappa shape index (κ1) is 13.9. The largest absolute Gasteiger partial charge is 0.339 e. The molecule has 2 aliphatic rings. The van der Waals surface area contributed by atoms with Crippen LogP contribution in [0.5, 0.6) is 0 Å². The molecule has 0 saturated carbocycles. The van der Waals surface area contributed by atoms with Gasteiger partial charge in [0.25, 0.3) is 0 Å². The van der Waals surface area contributed by atoms with E-state index in [1.165, 1.54) is 11.1 Å². The van der Waals surface area contributed by atoms with Crippen molar-refractivity contribution >= 4 is 0 Å². The molecule has 4 rings (SSSR count). The van der Waals surface area contributed by atoms with Crippen LogP contribution >= 0.6 is 0 Å². The molecule has 2 aromatic carbocycles. The second-order valence-electron chi connectivity index (χ2n) is 6.06. The second-order valence-corrected chi connectivity index (χ2v) is 6.06. The van der Waals surface area contributed by atoms with Crippen LogP contribution < -0.4 is 5.32 Å². The van der Waals surface area contributed by atoms with E-state index in [4.69, 9.17) is 9.47 Å². The summed E-state index contributed by atoms with van der Waals surface area (Å²) in [5.74, 6) is -0.438. The van der Waals surface area contributed by atoms with E-state index in [1.54, 1.807) is 0 Å². The molecule has 114 valence electrons. The molecule has 0 bridgehead atoms. The van der Waals surface area contributed by atoms with Gasteiger partial charge in [-0.1, -0.05) is 60.7 Å². The third kappa shape index (κ3) is 2.56.